The van der Waals surface area contributed by atoms with Gasteiger partial charge in [0.2, 0.25) is 5.91 Å². The Hall–Kier alpha value is -0.610. The van der Waals surface area contributed by atoms with Gasteiger partial charge >= 0.3 is 0 Å². The van der Waals surface area contributed by atoms with Gasteiger partial charge in [0, 0.05) is 20.2 Å². The zero-order valence-corrected chi connectivity index (χ0v) is 8.02. The van der Waals surface area contributed by atoms with Crippen molar-refractivity contribution in [2.75, 3.05) is 20.2 Å². The van der Waals surface area contributed by atoms with Crippen molar-refractivity contribution in [3.8, 4) is 0 Å². The molecule has 0 saturated carbocycles. The fraction of sp³-hybridized carbons (Fsp3) is 0.875. The molecule has 72 valence electrons. The number of ether oxygens (including phenoxy) is 1. The van der Waals surface area contributed by atoms with Crippen molar-refractivity contribution in [1.29, 1.82) is 0 Å². The quantitative estimate of drug-likeness (QED) is 0.610. The SMILES string of the molecule is COC(C)(C)CC(=O)NCCN. The molecule has 0 aliphatic heterocycles. The number of amides is 1. The minimum atomic E-state index is -0.390. The number of methoxy groups -OCH3 is 1. The predicted octanol–water partition coefficient (Wildman–Crippen LogP) is -0.124. The number of carbonyl (C=O) groups is 1. The van der Waals surface area contributed by atoms with Crippen LogP contribution in [0, 0.1) is 0 Å². The first-order valence-corrected chi connectivity index (χ1v) is 4.04. The van der Waals surface area contributed by atoms with Gasteiger partial charge in [-0.15, -0.1) is 0 Å². The number of nitrogens with two attached hydrogens (primary N) is 1. The number of nitrogens with one attached hydrogen (secondary N) is 1. The van der Waals surface area contributed by atoms with Crippen LogP contribution in [0.1, 0.15) is 20.3 Å². The highest BCUT2D eigenvalue weighted by molar-refractivity contribution is 5.76. The van der Waals surface area contributed by atoms with Crippen molar-refractivity contribution < 1.29 is 9.53 Å². The maximum Gasteiger partial charge on any atom is 0.222 e. The van der Waals surface area contributed by atoms with Crippen LogP contribution in [0.5, 0.6) is 0 Å². The largest absolute Gasteiger partial charge is 0.378 e. The van der Waals surface area contributed by atoms with Gasteiger partial charge < -0.3 is 15.8 Å². The van der Waals surface area contributed by atoms with E-state index in [-0.39, 0.29) is 5.91 Å². The lowest BCUT2D eigenvalue weighted by Gasteiger charge is -2.21. The lowest BCUT2D eigenvalue weighted by Crippen LogP contribution is -2.35. The Morgan fingerprint density at radius 3 is 2.58 bits per heavy atom. The number of rotatable bonds is 5. The molecule has 0 radical (unpaired) electrons. The van der Waals surface area contributed by atoms with E-state index in [0.29, 0.717) is 19.5 Å². The second kappa shape index (κ2) is 5.11. The first-order valence-electron chi connectivity index (χ1n) is 4.04. The normalized spacial score (nSPS) is 11.3. The fourth-order valence-electron chi connectivity index (χ4n) is 0.733. The van der Waals surface area contributed by atoms with E-state index in [2.05, 4.69) is 5.32 Å². The summed E-state index contributed by atoms with van der Waals surface area (Å²) >= 11 is 0. The van der Waals surface area contributed by atoms with Crippen LogP contribution in [0.4, 0.5) is 0 Å². The highest BCUT2D eigenvalue weighted by Gasteiger charge is 2.20. The Morgan fingerprint density at radius 2 is 2.17 bits per heavy atom. The summed E-state index contributed by atoms with van der Waals surface area (Å²) in [6, 6.07) is 0. The van der Waals surface area contributed by atoms with Gasteiger partial charge in [0.15, 0.2) is 0 Å². The standard InChI is InChI=1S/C8H18N2O2/c1-8(2,12-3)6-7(11)10-5-4-9/h4-6,9H2,1-3H3,(H,10,11). The first-order chi connectivity index (χ1) is 5.52. The number of carbonyl (C=O) groups excluding carboxylic acids is 1. The van der Waals surface area contributed by atoms with E-state index in [9.17, 15) is 4.79 Å². The van der Waals surface area contributed by atoms with Crippen LogP contribution in [0.15, 0.2) is 0 Å². The molecule has 0 heterocycles. The van der Waals surface area contributed by atoms with E-state index in [1.54, 1.807) is 7.11 Å². The summed E-state index contributed by atoms with van der Waals surface area (Å²) in [5, 5.41) is 2.68. The van der Waals surface area contributed by atoms with Gasteiger partial charge in [0.25, 0.3) is 0 Å². The van der Waals surface area contributed by atoms with Crippen molar-refractivity contribution >= 4 is 5.91 Å². The maximum absolute atomic E-state index is 11.1. The van der Waals surface area contributed by atoms with Gasteiger partial charge in [0.05, 0.1) is 12.0 Å². The van der Waals surface area contributed by atoms with Crippen LogP contribution < -0.4 is 11.1 Å². The lowest BCUT2D eigenvalue weighted by atomic mass is 10.1. The van der Waals surface area contributed by atoms with Crippen LogP contribution in [0.2, 0.25) is 0 Å². The molecule has 0 unspecified atom stereocenters. The number of hydrogen-bond donors (Lipinski definition) is 2. The molecule has 0 bridgehead atoms. The van der Waals surface area contributed by atoms with Gasteiger partial charge in [-0.3, -0.25) is 4.79 Å². The molecule has 0 fully saturated rings. The van der Waals surface area contributed by atoms with E-state index < -0.39 is 5.60 Å². The van der Waals surface area contributed by atoms with E-state index in [1.165, 1.54) is 0 Å². The molecule has 1 amide bonds. The van der Waals surface area contributed by atoms with Gasteiger partial charge in [-0.2, -0.15) is 0 Å². The molecule has 3 N–H and O–H groups in total. The molecule has 4 nitrogen and oxygen atoms in total. The van der Waals surface area contributed by atoms with Crippen LogP contribution >= 0.6 is 0 Å². The number of hydrogen-bond acceptors (Lipinski definition) is 3. The predicted molar refractivity (Wildman–Crippen MR) is 47.8 cm³/mol. The molecule has 0 spiro atoms. The molecule has 0 aromatic carbocycles. The molecule has 0 rings (SSSR count). The summed E-state index contributed by atoms with van der Waals surface area (Å²) in [5.41, 5.74) is 4.84. The Balaban J connectivity index is 3.68. The van der Waals surface area contributed by atoms with E-state index in [4.69, 9.17) is 10.5 Å². The molecule has 0 aromatic heterocycles. The van der Waals surface area contributed by atoms with Gasteiger partial charge in [0.1, 0.15) is 0 Å². The van der Waals surface area contributed by atoms with Gasteiger partial charge in [-0.1, -0.05) is 0 Å². The smallest absolute Gasteiger partial charge is 0.222 e. The minimum Gasteiger partial charge on any atom is -0.378 e. The summed E-state index contributed by atoms with van der Waals surface area (Å²) in [5.74, 6) is -0.0210. The highest BCUT2D eigenvalue weighted by atomic mass is 16.5. The third-order valence-electron chi connectivity index (χ3n) is 1.61. The Kier molecular flexibility index (Phi) is 4.85. The fourth-order valence-corrected chi connectivity index (χ4v) is 0.733. The van der Waals surface area contributed by atoms with Gasteiger partial charge in [-0.05, 0) is 13.8 Å². The zero-order valence-electron chi connectivity index (χ0n) is 8.02. The highest BCUT2D eigenvalue weighted by Crippen LogP contribution is 2.11. The van der Waals surface area contributed by atoms with Gasteiger partial charge in [-0.25, -0.2) is 0 Å². The Bertz CT molecular complexity index is 146. The summed E-state index contributed by atoms with van der Waals surface area (Å²) < 4.78 is 5.10. The summed E-state index contributed by atoms with van der Waals surface area (Å²) in [7, 11) is 1.59. The van der Waals surface area contributed by atoms with Crippen molar-refractivity contribution in [2.45, 2.75) is 25.9 Å². The molecular weight excluding hydrogens is 156 g/mol. The molecular formula is C8H18N2O2. The minimum absolute atomic E-state index is 0.0210. The lowest BCUT2D eigenvalue weighted by molar-refractivity contribution is -0.126. The summed E-state index contributed by atoms with van der Waals surface area (Å²) in [6.07, 6.45) is 0.365. The Morgan fingerprint density at radius 1 is 1.58 bits per heavy atom. The monoisotopic (exact) mass is 174 g/mol. The summed E-state index contributed by atoms with van der Waals surface area (Å²) in [6.45, 7) is 4.74. The van der Waals surface area contributed by atoms with E-state index in [0.717, 1.165) is 0 Å². The van der Waals surface area contributed by atoms with Crippen molar-refractivity contribution in [2.24, 2.45) is 5.73 Å². The molecule has 0 aliphatic carbocycles. The molecule has 0 atom stereocenters. The topological polar surface area (TPSA) is 64.3 Å². The van der Waals surface area contributed by atoms with E-state index in [1.807, 2.05) is 13.8 Å². The third-order valence-corrected chi connectivity index (χ3v) is 1.61. The molecule has 0 saturated heterocycles. The zero-order chi connectivity index (χ0) is 9.61. The second-order valence-corrected chi connectivity index (χ2v) is 3.28. The average molecular weight is 174 g/mol. The molecule has 4 heteroatoms. The first kappa shape index (κ1) is 11.4. The molecule has 0 aliphatic rings. The van der Waals surface area contributed by atoms with Crippen LogP contribution in [-0.2, 0) is 9.53 Å². The van der Waals surface area contributed by atoms with Crippen molar-refractivity contribution in [1.82, 2.24) is 5.32 Å². The van der Waals surface area contributed by atoms with Crippen LogP contribution in [0.25, 0.3) is 0 Å². The van der Waals surface area contributed by atoms with Crippen molar-refractivity contribution in [3.63, 3.8) is 0 Å². The average Bonchev–Trinajstić information content (AvgIpc) is 2.00. The Labute approximate surface area is 73.5 Å². The maximum atomic E-state index is 11.1. The van der Waals surface area contributed by atoms with E-state index >= 15 is 0 Å². The second-order valence-electron chi connectivity index (χ2n) is 3.28. The van der Waals surface area contributed by atoms with Crippen molar-refractivity contribution in [3.05, 3.63) is 0 Å². The van der Waals surface area contributed by atoms with Crippen LogP contribution in [-0.4, -0.2) is 31.7 Å². The van der Waals surface area contributed by atoms with Crippen LogP contribution in [0.3, 0.4) is 0 Å². The summed E-state index contributed by atoms with van der Waals surface area (Å²) in [4.78, 5) is 11.1. The molecule has 0 aromatic rings. The third kappa shape index (κ3) is 5.09. The molecule has 12 heavy (non-hydrogen) atoms.